The van der Waals surface area contributed by atoms with Gasteiger partial charge in [-0.15, -0.1) is 11.6 Å². The molecule has 0 spiro atoms. The van der Waals surface area contributed by atoms with Crippen molar-refractivity contribution in [2.24, 2.45) is 0 Å². The Morgan fingerprint density at radius 3 is 2.40 bits per heavy atom. The molecule has 1 saturated carbocycles. The monoisotopic (exact) mass is 154 g/mol. The second-order valence-electron chi connectivity index (χ2n) is 2.59. The summed E-state index contributed by atoms with van der Waals surface area (Å²) in [7, 11) is 0. The van der Waals surface area contributed by atoms with E-state index in [-0.39, 0.29) is 4.87 Å². The van der Waals surface area contributed by atoms with Crippen LogP contribution in [0.2, 0.25) is 0 Å². The van der Waals surface area contributed by atoms with Crippen LogP contribution in [0, 0.1) is 0 Å². The topological polar surface area (TPSA) is 25.8 Å². The predicted molar refractivity (Wildman–Crippen MR) is 38.8 cm³/mol. The maximum atomic E-state index is 6.09. The molecule has 0 unspecified atom stereocenters. The number of nitrogens with zero attached hydrogens (tertiary/aromatic N) is 2. The molecular weight excluding hydrogens is 148 g/mol. The van der Waals surface area contributed by atoms with Crippen LogP contribution in [0.1, 0.15) is 18.4 Å². The van der Waals surface area contributed by atoms with Crippen LogP contribution in [0.15, 0.2) is 18.7 Å². The van der Waals surface area contributed by atoms with Crippen LogP contribution in [-0.2, 0) is 4.87 Å². The largest absolute Gasteiger partial charge is 0.244 e. The summed E-state index contributed by atoms with van der Waals surface area (Å²) in [5.41, 5.74) is 1.05. The second kappa shape index (κ2) is 1.92. The van der Waals surface area contributed by atoms with Crippen LogP contribution >= 0.6 is 11.6 Å². The van der Waals surface area contributed by atoms with Gasteiger partial charge in [-0.2, -0.15) is 0 Å². The third kappa shape index (κ3) is 0.886. The minimum Gasteiger partial charge on any atom is -0.244 e. The molecule has 1 aromatic heterocycles. The van der Waals surface area contributed by atoms with Gasteiger partial charge in [0.25, 0.3) is 0 Å². The summed E-state index contributed by atoms with van der Waals surface area (Å²) < 4.78 is 0. The first kappa shape index (κ1) is 6.10. The van der Waals surface area contributed by atoms with E-state index in [0.717, 1.165) is 18.4 Å². The summed E-state index contributed by atoms with van der Waals surface area (Å²) >= 11 is 6.09. The third-order valence-electron chi connectivity index (χ3n) is 1.77. The lowest BCUT2D eigenvalue weighted by atomic mass is 10.2. The Hall–Kier alpha value is -0.630. The van der Waals surface area contributed by atoms with Crippen LogP contribution in [0.3, 0.4) is 0 Å². The summed E-state index contributed by atoms with van der Waals surface area (Å²) in [6, 6.07) is 0. The summed E-state index contributed by atoms with van der Waals surface area (Å²) in [4.78, 5) is 7.68. The highest BCUT2D eigenvalue weighted by atomic mass is 35.5. The zero-order valence-electron chi connectivity index (χ0n) is 5.42. The van der Waals surface area contributed by atoms with Gasteiger partial charge in [-0.25, -0.2) is 9.97 Å². The first-order valence-electron chi connectivity index (χ1n) is 3.26. The summed E-state index contributed by atoms with van der Waals surface area (Å²) in [5.74, 6) is 0. The zero-order chi connectivity index (χ0) is 7.03. The van der Waals surface area contributed by atoms with Gasteiger partial charge in [0.2, 0.25) is 0 Å². The van der Waals surface area contributed by atoms with Crippen molar-refractivity contribution in [3.8, 4) is 0 Å². The second-order valence-corrected chi connectivity index (χ2v) is 3.32. The SMILES string of the molecule is ClC1(c2cncnc2)CC1. The van der Waals surface area contributed by atoms with Crippen molar-refractivity contribution in [2.45, 2.75) is 17.7 Å². The van der Waals surface area contributed by atoms with E-state index in [4.69, 9.17) is 11.6 Å². The number of hydrogen-bond acceptors (Lipinski definition) is 2. The average Bonchev–Trinajstić information content (AvgIpc) is 2.72. The van der Waals surface area contributed by atoms with E-state index < -0.39 is 0 Å². The van der Waals surface area contributed by atoms with Gasteiger partial charge in [-0.05, 0) is 12.8 Å². The van der Waals surface area contributed by atoms with Crippen molar-refractivity contribution in [3.63, 3.8) is 0 Å². The van der Waals surface area contributed by atoms with Crippen molar-refractivity contribution >= 4 is 11.6 Å². The molecule has 0 radical (unpaired) electrons. The number of alkyl halides is 1. The van der Waals surface area contributed by atoms with E-state index in [1.165, 1.54) is 6.33 Å². The van der Waals surface area contributed by atoms with Gasteiger partial charge in [0.15, 0.2) is 0 Å². The molecule has 3 heteroatoms. The van der Waals surface area contributed by atoms with Gasteiger partial charge in [-0.3, -0.25) is 0 Å². The molecule has 10 heavy (non-hydrogen) atoms. The molecule has 1 aliphatic carbocycles. The summed E-state index contributed by atoms with van der Waals surface area (Å²) in [6.07, 6.45) is 7.20. The molecule has 1 heterocycles. The molecule has 1 aromatic rings. The highest BCUT2D eigenvalue weighted by Gasteiger charge is 2.42. The molecule has 0 atom stereocenters. The van der Waals surface area contributed by atoms with E-state index in [1.807, 2.05) is 0 Å². The van der Waals surface area contributed by atoms with Gasteiger partial charge in [0.1, 0.15) is 6.33 Å². The maximum absolute atomic E-state index is 6.09. The Balaban J connectivity index is 2.35. The van der Waals surface area contributed by atoms with E-state index in [2.05, 4.69) is 9.97 Å². The Bertz CT molecular complexity index is 231. The van der Waals surface area contributed by atoms with Gasteiger partial charge >= 0.3 is 0 Å². The molecule has 2 nitrogen and oxygen atoms in total. The summed E-state index contributed by atoms with van der Waals surface area (Å²) in [6.45, 7) is 0. The zero-order valence-corrected chi connectivity index (χ0v) is 6.17. The lowest BCUT2D eigenvalue weighted by molar-refractivity contribution is 0.962. The predicted octanol–water partition coefficient (Wildman–Crippen LogP) is 1.70. The van der Waals surface area contributed by atoms with Gasteiger partial charge in [0.05, 0.1) is 4.87 Å². The molecule has 52 valence electrons. The minimum absolute atomic E-state index is 0.110. The fourth-order valence-electron chi connectivity index (χ4n) is 0.929. The number of halogens is 1. The Kier molecular flexibility index (Phi) is 1.17. The smallest absolute Gasteiger partial charge is 0.115 e. The number of aromatic nitrogens is 2. The third-order valence-corrected chi connectivity index (χ3v) is 2.36. The van der Waals surface area contributed by atoms with Crippen molar-refractivity contribution in [2.75, 3.05) is 0 Å². The first-order valence-corrected chi connectivity index (χ1v) is 3.63. The minimum atomic E-state index is -0.110. The molecule has 0 bridgehead atoms. The Morgan fingerprint density at radius 1 is 1.30 bits per heavy atom. The van der Waals surface area contributed by atoms with Crippen LogP contribution in [0.5, 0.6) is 0 Å². The molecule has 0 saturated heterocycles. The highest BCUT2D eigenvalue weighted by Crippen LogP contribution is 2.51. The van der Waals surface area contributed by atoms with Crippen LogP contribution < -0.4 is 0 Å². The van der Waals surface area contributed by atoms with Crippen LogP contribution in [-0.4, -0.2) is 9.97 Å². The van der Waals surface area contributed by atoms with Crippen molar-refractivity contribution in [1.82, 2.24) is 9.97 Å². The van der Waals surface area contributed by atoms with E-state index >= 15 is 0 Å². The summed E-state index contributed by atoms with van der Waals surface area (Å²) in [5, 5.41) is 0. The molecule has 2 rings (SSSR count). The van der Waals surface area contributed by atoms with E-state index in [9.17, 15) is 0 Å². The number of hydrogen-bond donors (Lipinski definition) is 0. The lowest BCUT2D eigenvalue weighted by Crippen LogP contribution is -1.96. The van der Waals surface area contributed by atoms with Gasteiger partial charge < -0.3 is 0 Å². The number of rotatable bonds is 1. The van der Waals surface area contributed by atoms with Crippen LogP contribution in [0.25, 0.3) is 0 Å². The quantitative estimate of drug-likeness (QED) is 0.576. The fourth-order valence-corrected chi connectivity index (χ4v) is 1.12. The Labute approximate surface area is 64.3 Å². The van der Waals surface area contributed by atoms with E-state index in [0.29, 0.717) is 0 Å². The fraction of sp³-hybridized carbons (Fsp3) is 0.429. The molecule has 0 aliphatic heterocycles. The Morgan fingerprint density at radius 2 is 1.90 bits per heavy atom. The van der Waals surface area contributed by atoms with Gasteiger partial charge in [-0.1, -0.05) is 0 Å². The standard InChI is InChI=1S/C7H7ClN2/c8-7(1-2-7)6-3-9-5-10-4-6/h3-5H,1-2H2. The molecule has 0 aromatic carbocycles. The lowest BCUT2D eigenvalue weighted by Gasteiger charge is -2.01. The highest BCUT2D eigenvalue weighted by molar-refractivity contribution is 6.25. The molecule has 1 fully saturated rings. The normalized spacial score (nSPS) is 20.5. The van der Waals surface area contributed by atoms with Crippen molar-refractivity contribution in [1.29, 1.82) is 0 Å². The van der Waals surface area contributed by atoms with Crippen LogP contribution in [0.4, 0.5) is 0 Å². The van der Waals surface area contributed by atoms with Crippen molar-refractivity contribution in [3.05, 3.63) is 24.3 Å². The maximum Gasteiger partial charge on any atom is 0.115 e. The van der Waals surface area contributed by atoms with Crippen molar-refractivity contribution < 1.29 is 0 Å². The average molecular weight is 155 g/mol. The molecule has 1 aliphatic rings. The van der Waals surface area contributed by atoms with E-state index in [1.54, 1.807) is 12.4 Å². The van der Waals surface area contributed by atoms with Gasteiger partial charge in [0, 0.05) is 18.0 Å². The molecule has 0 amide bonds. The molecular formula is C7H7ClN2. The molecule has 0 N–H and O–H groups in total. The first-order chi connectivity index (χ1) is 4.81.